The summed E-state index contributed by atoms with van der Waals surface area (Å²) in [5.41, 5.74) is 0. The van der Waals surface area contributed by atoms with E-state index in [1.807, 2.05) is 0 Å². The zero-order chi connectivity index (χ0) is 12.8. The molecule has 0 aromatic rings. The molecule has 2 saturated heterocycles. The van der Waals surface area contributed by atoms with Gasteiger partial charge in [-0.1, -0.05) is 6.42 Å². The third kappa shape index (κ3) is 4.50. The maximum absolute atomic E-state index is 3.58. The van der Waals surface area contributed by atoms with E-state index in [1.54, 1.807) is 0 Å². The Bertz CT molecular complexity index is 216. The molecule has 0 radical (unpaired) electrons. The molecule has 2 fully saturated rings. The maximum Gasteiger partial charge on any atom is 0.0221 e. The van der Waals surface area contributed by atoms with Crippen molar-refractivity contribution < 1.29 is 0 Å². The number of hydrogen-bond donors (Lipinski definition) is 1. The molecule has 4 heteroatoms. The molecule has 2 aliphatic heterocycles. The number of likely N-dealkylation sites (N-methyl/N-ethyl adjacent to an activating group) is 1. The van der Waals surface area contributed by atoms with Crippen LogP contribution in [0.15, 0.2) is 0 Å². The highest BCUT2D eigenvalue weighted by Gasteiger charge is 2.24. The van der Waals surface area contributed by atoms with Crippen LogP contribution in [0.4, 0.5) is 0 Å². The van der Waals surface area contributed by atoms with E-state index in [0.717, 1.165) is 6.04 Å². The van der Waals surface area contributed by atoms with Crippen molar-refractivity contribution in [2.45, 2.75) is 25.3 Å². The van der Waals surface area contributed by atoms with Crippen molar-refractivity contribution in [2.24, 2.45) is 0 Å². The van der Waals surface area contributed by atoms with Crippen LogP contribution >= 0.6 is 0 Å². The summed E-state index contributed by atoms with van der Waals surface area (Å²) >= 11 is 0. The number of nitrogens with one attached hydrogen (secondary N) is 1. The average Bonchev–Trinajstić information content (AvgIpc) is 2.66. The zero-order valence-electron chi connectivity index (χ0n) is 12.2. The lowest BCUT2D eigenvalue weighted by Crippen LogP contribution is -2.53. The van der Waals surface area contributed by atoms with Crippen LogP contribution in [0.25, 0.3) is 0 Å². The largest absolute Gasteiger partial charge is 0.315 e. The Morgan fingerprint density at radius 3 is 2.61 bits per heavy atom. The molecule has 0 spiro atoms. The minimum Gasteiger partial charge on any atom is -0.315 e. The second-order valence-corrected chi connectivity index (χ2v) is 6.03. The first-order valence-electron chi connectivity index (χ1n) is 7.57. The fourth-order valence-corrected chi connectivity index (χ4v) is 3.01. The van der Waals surface area contributed by atoms with Crippen LogP contribution in [-0.2, 0) is 0 Å². The lowest BCUT2D eigenvalue weighted by atomic mass is 10.1. The summed E-state index contributed by atoms with van der Waals surface area (Å²) in [5.74, 6) is 0. The van der Waals surface area contributed by atoms with Crippen molar-refractivity contribution in [3.05, 3.63) is 0 Å². The molecule has 2 heterocycles. The van der Waals surface area contributed by atoms with Gasteiger partial charge in [0.2, 0.25) is 0 Å². The van der Waals surface area contributed by atoms with Gasteiger partial charge in [-0.2, -0.15) is 0 Å². The number of hydrogen-bond acceptors (Lipinski definition) is 4. The molecule has 0 bridgehead atoms. The smallest absolute Gasteiger partial charge is 0.0221 e. The van der Waals surface area contributed by atoms with Gasteiger partial charge < -0.3 is 10.2 Å². The molecule has 2 aliphatic rings. The fraction of sp³-hybridized carbons (Fsp3) is 1.00. The predicted octanol–water partition coefficient (Wildman–Crippen LogP) is 0.308. The van der Waals surface area contributed by atoms with Gasteiger partial charge in [0.1, 0.15) is 0 Å². The van der Waals surface area contributed by atoms with Crippen molar-refractivity contribution >= 4 is 0 Å². The molecule has 0 amide bonds. The SMILES string of the molecule is CN(C)CCN1CCN(C2CCCCNC2)CC1. The van der Waals surface area contributed by atoms with Crippen LogP contribution in [0, 0.1) is 0 Å². The van der Waals surface area contributed by atoms with Gasteiger partial charge in [-0.25, -0.2) is 0 Å². The van der Waals surface area contributed by atoms with Gasteiger partial charge in [-0.05, 0) is 33.5 Å². The third-order valence-electron chi connectivity index (χ3n) is 4.31. The number of piperazine rings is 1. The monoisotopic (exact) mass is 254 g/mol. The Kier molecular flexibility index (Phi) is 5.89. The van der Waals surface area contributed by atoms with Crippen LogP contribution in [0.1, 0.15) is 19.3 Å². The van der Waals surface area contributed by atoms with E-state index < -0.39 is 0 Å². The first-order chi connectivity index (χ1) is 8.75. The highest BCUT2D eigenvalue weighted by atomic mass is 15.3. The molecule has 1 atom stereocenters. The minimum absolute atomic E-state index is 0.795. The summed E-state index contributed by atoms with van der Waals surface area (Å²) < 4.78 is 0. The molecule has 1 unspecified atom stereocenters. The second kappa shape index (κ2) is 7.43. The van der Waals surface area contributed by atoms with Crippen molar-refractivity contribution in [1.29, 1.82) is 0 Å². The Balaban J connectivity index is 1.68. The maximum atomic E-state index is 3.58. The van der Waals surface area contributed by atoms with Crippen molar-refractivity contribution in [1.82, 2.24) is 20.0 Å². The molecule has 18 heavy (non-hydrogen) atoms. The van der Waals surface area contributed by atoms with Gasteiger partial charge in [0.25, 0.3) is 0 Å². The van der Waals surface area contributed by atoms with Crippen LogP contribution in [0.5, 0.6) is 0 Å². The van der Waals surface area contributed by atoms with E-state index >= 15 is 0 Å². The summed E-state index contributed by atoms with van der Waals surface area (Å²) in [6, 6.07) is 0.795. The molecule has 2 rings (SSSR count). The number of rotatable bonds is 4. The number of nitrogens with zero attached hydrogens (tertiary/aromatic N) is 3. The average molecular weight is 254 g/mol. The Morgan fingerprint density at radius 2 is 1.89 bits per heavy atom. The molecule has 0 aliphatic carbocycles. The summed E-state index contributed by atoms with van der Waals surface area (Å²) in [4.78, 5) is 7.60. The van der Waals surface area contributed by atoms with Gasteiger partial charge in [0, 0.05) is 51.9 Å². The highest BCUT2D eigenvalue weighted by Crippen LogP contribution is 2.13. The first kappa shape index (κ1) is 14.3. The standard InChI is InChI=1S/C14H30N4/c1-16(2)7-8-17-9-11-18(12-10-17)14-5-3-4-6-15-13-14/h14-15H,3-13H2,1-2H3. The Hall–Kier alpha value is -0.160. The lowest BCUT2D eigenvalue weighted by Gasteiger charge is -2.39. The van der Waals surface area contributed by atoms with E-state index in [2.05, 4.69) is 34.1 Å². The normalized spacial score (nSPS) is 28.5. The topological polar surface area (TPSA) is 21.8 Å². The quantitative estimate of drug-likeness (QED) is 0.779. The van der Waals surface area contributed by atoms with Crippen LogP contribution in [0.2, 0.25) is 0 Å². The van der Waals surface area contributed by atoms with E-state index in [-0.39, 0.29) is 0 Å². The van der Waals surface area contributed by atoms with E-state index in [0.29, 0.717) is 0 Å². The molecular formula is C14H30N4. The minimum atomic E-state index is 0.795. The van der Waals surface area contributed by atoms with E-state index in [4.69, 9.17) is 0 Å². The van der Waals surface area contributed by atoms with E-state index in [1.165, 1.54) is 71.6 Å². The van der Waals surface area contributed by atoms with Crippen LogP contribution < -0.4 is 5.32 Å². The highest BCUT2D eigenvalue weighted by molar-refractivity contribution is 4.81. The summed E-state index contributed by atoms with van der Waals surface area (Å²) in [7, 11) is 4.32. The molecular weight excluding hydrogens is 224 g/mol. The third-order valence-corrected chi connectivity index (χ3v) is 4.31. The first-order valence-corrected chi connectivity index (χ1v) is 7.57. The van der Waals surface area contributed by atoms with Crippen molar-refractivity contribution in [2.75, 3.05) is 66.5 Å². The second-order valence-electron chi connectivity index (χ2n) is 6.03. The predicted molar refractivity (Wildman–Crippen MR) is 77.1 cm³/mol. The molecule has 0 aromatic carbocycles. The van der Waals surface area contributed by atoms with Crippen LogP contribution in [0.3, 0.4) is 0 Å². The Morgan fingerprint density at radius 1 is 1.11 bits per heavy atom. The molecule has 0 saturated carbocycles. The fourth-order valence-electron chi connectivity index (χ4n) is 3.01. The van der Waals surface area contributed by atoms with Crippen LogP contribution in [-0.4, -0.2) is 87.2 Å². The van der Waals surface area contributed by atoms with E-state index in [9.17, 15) is 0 Å². The van der Waals surface area contributed by atoms with Gasteiger partial charge in [-0.15, -0.1) is 0 Å². The van der Waals surface area contributed by atoms with Gasteiger partial charge >= 0.3 is 0 Å². The molecule has 1 N–H and O–H groups in total. The summed E-state index contributed by atoms with van der Waals surface area (Å²) in [6.45, 7) is 9.87. The molecule has 0 aromatic heterocycles. The van der Waals surface area contributed by atoms with Gasteiger partial charge in [0.15, 0.2) is 0 Å². The zero-order valence-corrected chi connectivity index (χ0v) is 12.2. The van der Waals surface area contributed by atoms with Gasteiger partial charge in [0.05, 0.1) is 0 Å². The summed E-state index contributed by atoms with van der Waals surface area (Å²) in [6.07, 6.45) is 4.16. The van der Waals surface area contributed by atoms with Gasteiger partial charge in [-0.3, -0.25) is 9.80 Å². The molecule has 106 valence electrons. The lowest BCUT2D eigenvalue weighted by molar-refractivity contribution is 0.0893. The van der Waals surface area contributed by atoms with Crippen molar-refractivity contribution in [3.8, 4) is 0 Å². The Labute approximate surface area is 112 Å². The summed E-state index contributed by atoms with van der Waals surface area (Å²) in [5, 5.41) is 3.58. The molecule has 4 nitrogen and oxygen atoms in total. The van der Waals surface area contributed by atoms with Crippen molar-refractivity contribution in [3.63, 3.8) is 0 Å².